The number of halogens is 1. The Morgan fingerprint density at radius 1 is 1.17 bits per heavy atom. The van der Waals surface area contributed by atoms with Gasteiger partial charge in [-0.25, -0.2) is 8.42 Å². The van der Waals surface area contributed by atoms with Crippen LogP contribution in [0.25, 0.3) is 5.57 Å². The van der Waals surface area contributed by atoms with Crippen LogP contribution >= 0.6 is 11.6 Å². The molecule has 1 aliphatic heterocycles. The van der Waals surface area contributed by atoms with Crippen molar-refractivity contribution in [3.63, 3.8) is 0 Å². The monoisotopic (exact) mass is 532 g/mol. The molecule has 7 nitrogen and oxygen atoms in total. The van der Waals surface area contributed by atoms with Crippen molar-refractivity contribution in [2.75, 3.05) is 39.1 Å². The van der Waals surface area contributed by atoms with Crippen LogP contribution in [0, 0.1) is 0 Å². The van der Waals surface area contributed by atoms with Gasteiger partial charge in [0.25, 0.3) is 10.0 Å². The van der Waals surface area contributed by atoms with Gasteiger partial charge in [0.2, 0.25) is 0 Å². The summed E-state index contributed by atoms with van der Waals surface area (Å²) >= 11 is 6.38. The van der Waals surface area contributed by atoms with Crippen molar-refractivity contribution >= 4 is 32.9 Å². The molecule has 2 aromatic rings. The second kappa shape index (κ2) is 10.8. The minimum atomic E-state index is -3.98. The summed E-state index contributed by atoms with van der Waals surface area (Å²) in [7, 11) is 1.21. The van der Waals surface area contributed by atoms with Gasteiger partial charge in [0.05, 0.1) is 22.7 Å². The van der Waals surface area contributed by atoms with Crippen LogP contribution in [0.3, 0.4) is 0 Å². The summed E-state index contributed by atoms with van der Waals surface area (Å²) in [5.74, 6) is 1.05. The van der Waals surface area contributed by atoms with Gasteiger partial charge in [-0.3, -0.25) is 4.72 Å². The summed E-state index contributed by atoms with van der Waals surface area (Å²) in [5, 5.41) is 0.436. The Hall–Kier alpha value is -2.52. The molecule has 4 rings (SSSR count). The third-order valence-electron chi connectivity index (χ3n) is 6.89. The van der Waals surface area contributed by atoms with E-state index in [1.807, 2.05) is 44.3 Å². The summed E-state index contributed by atoms with van der Waals surface area (Å²) in [5.41, 5.74) is 0.834. The molecule has 2 aliphatic rings. The largest absolute Gasteiger partial charge is 0.498 e. The smallest absolute Gasteiger partial charge is 0.258 e. The third kappa shape index (κ3) is 5.42. The van der Waals surface area contributed by atoms with Gasteiger partial charge in [-0.05, 0) is 43.7 Å². The topological polar surface area (TPSA) is 77.1 Å². The predicted molar refractivity (Wildman–Crippen MR) is 144 cm³/mol. The number of rotatable bonds is 9. The molecule has 2 atom stereocenters. The lowest BCUT2D eigenvalue weighted by Crippen LogP contribution is -2.38. The Bertz CT molecular complexity index is 1260. The second-order valence-electron chi connectivity index (χ2n) is 9.19. The maximum absolute atomic E-state index is 13.9. The molecular weight excluding hydrogens is 500 g/mol. The standard InChI is InChI=1S/C27H33ClN2O5S/c1-5-27(34-4)17-25(22(16-26(27)33-3)19-9-7-6-8-10-19)36(31,32)29-20-11-12-23(28)24(15-20)35-21-13-14-30(2)18-21/h6-12,15-16,21,29H,5,13-14,17-18H2,1-4H3/t21-,27?/m1/s1. The number of hydrogen-bond donors (Lipinski definition) is 1. The molecule has 1 saturated heterocycles. The number of likely N-dealkylation sites (N-methyl/N-ethyl adjacent to an activating group) is 1. The lowest BCUT2D eigenvalue weighted by molar-refractivity contribution is -0.0215. The van der Waals surface area contributed by atoms with E-state index in [0.717, 1.165) is 25.1 Å². The highest BCUT2D eigenvalue weighted by atomic mass is 35.5. The van der Waals surface area contributed by atoms with E-state index in [1.54, 1.807) is 38.5 Å². The molecule has 0 bridgehead atoms. The molecule has 0 saturated carbocycles. The van der Waals surface area contributed by atoms with Crippen LogP contribution in [0.15, 0.2) is 65.3 Å². The molecule has 0 spiro atoms. The molecule has 0 aromatic heterocycles. The summed E-state index contributed by atoms with van der Waals surface area (Å²) in [6.45, 7) is 3.69. The molecule has 2 aromatic carbocycles. The fourth-order valence-electron chi connectivity index (χ4n) is 4.79. The maximum atomic E-state index is 13.9. The van der Waals surface area contributed by atoms with Crippen LogP contribution in [-0.2, 0) is 19.5 Å². The Morgan fingerprint density at radius 2 is 1.92 bits per heavy atom. The first kappa shape index (κ1) is 26.5. The summed E-state index contributed by atoms with van der Waals surface area (Å²) in [6, 6.07) is 14.3. The highest BCUT2D eigenvalue weighted by Gasteiger charge is 2.42. The lowest BCUT2D eigenvalue weighted by atomic mass is 9.85. The normalized spacial score (nSPS) is 22.9. The van der Waals surface area contributed by atoms with Crippen molar-refractivity contribution in [3.05, 3.63) is 75.9 Å². The van der Waals surface area contributed by atoms with E-state index in [9.17, 15) is 8.42 Å². The molecule has 194 valence electrons. The molecular formula is C27H33ClN2O5S. The molecule has 1 N–H and O–H groups in total. The molecule has 36 heavy (non-hydrogen) atoms. The van der Waals surface area contributed by atoms with Gasteiger partial charge in [0.1, 0.15) is 23.2 Å². The predicted octanol–water partition coefficient (Wildman–Crippen LogP) is 5.31. The van der Waals surface area contributed by atoms with Crippen LogP contribution in [0.4, 0.5) is 5.69 Å². The van der Waals surface area contributed by atoms with Gasteiger partial charge < -0.3 is 19.1 Å². The van der Waals surface area contributed by atoms with Gasteiger partial charge in [-0.15, -0.1) is 0 Å². The van der Waals surface area contributed by atoms with Crippen molar-refractivity contribution in [3.8, 4) is 5.75 Å². The van der Waals surface area contributed by atoms with Crippen LogP contribution < -0.4 is 9.46 Å². The molecule has 0 radical (unpaired) electrons. The number of methoxy groups -OCH3 is 2. The number of ether oxygens (including phenoxy) is 3. The fraction of sp³-hybridized carbons (Fsp3) is 0.407. The van der Waals surface area contributed by atoms with Gasteiger partial charge in [-0.1, -0.05) is 48.9 Å². The number of allylic oxidation sites excluding steroid dienone is 2. The quantitative estimate of drug-likeness (QED) is 0.472. The molecule has 1 unspecified atom stereocenters. The Labute approximate surface area is 218 Å². The van der Waals surface area contributed by atoms with Gasteiger partial charge in [0, 0.05) is 38.3 Å². The highest BCUT2D eigenvalue weighted by Crippen LogP contribution is 2.43. The van der Waals surface area contributed by atoms with E-state index >= 15 is 0 Å². The minimum Gasteiger partial charge on any atom is -0.498 e. The average Bonchev–Trinajstić information content (AvgIpc) is 3.29. The molecule has 0 amide bonds. The number of nitrogens with one attached hydrogen (secondary N) is 1. The van der Waals surface area contributed by atoms with E-state index in [2.05, 4.69) is 9.62 Å². The third-order valence-corrected chi connectivity index (χ3v) is 8.72. The number of likely N-dealkylation sites (tertiary alicyclic amines) is 1. The molecule has 9 heteroatoms. The van der Waals surface area contributed by atoms with Crippen LogP contribution in [0.2, 0.25) is 5.02 Å². The summed E-state index contributed by atoms with van der Waals surface area (Å²) < 4.78 is 48.1. The van der Waals surface area contributed by atoms with E-state index in [4.69, 9.17) is 25.8 Å². The van der Waals surface area contributed by atoms with Gasteiger partial charge in [-0.2, -0.15) is 0 Å². The first-order chi connectivity index (χ1) is 17.2. The summed E-state index contributed by atoms with van der Waals surface area (Å²) in [6.07, 6.45) is 3.34. The van der Waals surface area contributed by atoms with Gasteiger partial charge >= 0.3 is 0 Å². The van der Waals surface area contributed by atoms with E-state index in [1.165, 1.54) is 0 Å². The van der Waals surface area contributed by atoms with Crippen LogP contribution in [-0.4, -0.2) is 59.4 Å². The fourth-order valence-corrected chi connectivity index (χ4v) is 6.40. The van der Waals surface area contributed by atoms with E-state index in [-0.39, 0.29) is 17.4 Å². The van der Waals surface area contributed by atoms with Crippen molar-refractivity contribution in [2.45, 2.75) is 37.9 Å². The first-order valence-corrected chi connectivity index (χ1v) is 13.8. The number of nitrogens with zero attached hydrogens (tertiary/aromatic N) is 1. The number of benzene rings is 2. The Kier molecular flexibility index (Phi) is 7.99. The van der Waals surface area contributed by atoms with Crippen molar-refractivity contribution in [1.29, 1.82) is 0 Å². The van der Waals surface area contributed by atoms with Crippen molar-refractivity contribution in [1.82, 2.24) is 4.90 Å². The average molecular weight is 533 g/mol. The zero-order valence-corrected chi connectivity index (χ0v) is 22.7. The summed E-state index contributed by atoms with van der Waals surface area (Å²) in [4.78, 5) is 2.41. The van der Waals surface area contributed by atoms with Crippen LogP contribution in [0.1, 0.15) is 31.7 Å². The number of anilines is 1. The first-order valence-electron chi connectivity index (χ1n) is 12.0. The highest BCUT2D eigenvalue weighted by molar-refractivity contribution is 7.96. The zero-order valence-electron chi connectivity index (χ0n) is 21.1. The lowest BCUT2D eigenvalue weighted by Gasteiger charge is -2.37. The van der Waals surface area contributed by atoms with Crippen LogP contribution in [0.5, 0.6) is 5.75 Å². The SMILES string of the molecule is CCC1(OC)CC(S(=O)(=O)Nc2ccc(Cl)c(O[C@@H]3CCN(C)C3)c2)=C(c2ccccc2)C=C1OC. The van der Waals surface area contributed by atoms with E-state index < -0.39 is 15.6 Å². The van der Waals surface area contributed by atoms with Gasteiger partial charge in [0.15, 0.2) is 0 Å². The molecule has 1 fully saturated rings. The zero-order chi connectivity index (χ0) is 25.9. The Balaban J connectivity index is 1.72. The minimum absolute atomic E-state index is 0.00886. The second-order valence-corrected chi connectivity index (χ2v) is 11.3. The maximum Gasteiger partial charge on any atom is 0.258 e. The number of hydrogen-bond acceptors (Lipinski definition) is 6. The van der Waals surface area contributed by atoms with Crippen molar-refractivity contribution in [2.24, 2.45) is 0 Å². The molecule has 1 aliphatic carbocycles. The van der Waals surface area contributed by atoms with Crippen molar-refractivity contribution < 1.29 is 22.6 Å². The molecule has 1 heterocycles. The Morgan fingerprint density at radius 3 is 2.53 bits per heavy atom. The van der Waals surface area contributed by atoms with E-state index in [0.29, 0.717) is 34.2 Å². The number of sulfonamides is 1.